The molecule has 1 aromatic heterocycles. The molecule has 1 heterocycles. The van der Waals surface area contributed by atoms with E-state index in [9.17, 15) is 4.79 Å². The highest BCUT2D eigenvalue weighted by molar-refractivity contribution is 5.77. The Morgan fingerprint density at radius 3 is 2.94 bits per heavy atom. The van der Waals surface area contributed by atoms with Crippen molar-refractivity contribution in [2.45, 2.75) is 38.1 Å². The van der Waals surface area contributed by atoms with Crippen LogP contribution in [-0.4, -0.2) is 23.5 Å². The Morgan fingerprint density at radius 2 is 2.24 bits per heavy atom. The van der Waals surface area contributed by atoms with Gasteiger partial charge in [0.2, 0.25) is 0 Å². The zero-order valence-electron chi connectivity index (χ0n) is 9.89. The highest BCUT2D eigenvalue weighted by Crippen LogP contribution is 2.17. The Morgan fingerprint density at radius 1 is 1.41 bits per heavy atom. The van der Waals surface area contributed by atoms with Crippen LogP contribution in [0.5, 0.6) is 5.75 Å². The molecule has 0 aromatic carbocycles. The number of rotatable bonds is 4. The van der Waals surface area contributed by atoms with Crippen molar-refractivity contribution in [3.63, 3.8) is 0 Å². The molecule has 0 radical (unpaired) electrons. The maximum atomic E-state index is 11.6. The second-order valence-corrected chi connectivity index (χ2v) is 4.38. The Labute approximate surface area is 101 Å². The van der Waals surface area contributed by atoms with Gasteiger partial charge in [-0.15, -0.1) is 0 Å². The van der Waals surface area contributed by atoms with E-state index in [0.717, 1.165) is 12.8 Å². The molecule has 0 saturated heterocycles. The molecule has 2 rings (SSSR count). The normalized spacial score (nSPS) is 16.5. The summed E-state index contributed by atoms with van der Waals surface area (Å²) in [6.45, 7) is 0.0716. The third kappa shape index (κ3) is 4.06. The molecular weight excluding hydrogens is 216 g/mol. The first-order chi connectivity index (χ1) is 8.34. The van der Waals surface area contributed by atoms with Crippen LogP contribution in [0.3, 0.4) is 0 Å². The SMILES string of the molecule is O=C(COc1cccnc1)NC1CCCCC1. The van der Waals surface area contributed by atoms with Crippen molar-refractivity contribution in [3.8, 4) is 5.75 Å². The van der Waals surface area contributed by atoms with Gasteiger partial charge in [0.15, 0.2) is 6.61 Å². The Kier molecular flexibility index (Phi) is 4.36. The van der Waals surface area contributed by atoms with E-state index in [0.29, 0.717) is 11.8 Å². The first-order valence-electron chi connectivity index (χ1n) is 6.17. The molecule has 0 spiro atoms. The average Bonchev–Trinajstić information content (AvgIpc) is 2.39. The van der Waals surface area contributed by atoms with E-state index in [-0.39, 0.29) is 12.5 Å². The molecule has 1 fully saturated rings. The van der Waals surface area contributed by atoms with Crippen molar-refractivity contribution < 1.29 is 9.53 Å². The molecule has 0 atom stereocenters. The van der Waals surface area contributed by atoms with Crippen molar-refractivity contribution in [2.75, 3.05) is 6.61 Å². The minimum atomic E-state index is -0.0410. The van der Waals surface area contributed by atoms with E-state index in [4.69, 9.17) is 4.74 Å². The number of ether oxygens (including phenoxy) is 1. The van der Waals surface area contributed by atoms with E-state index in [1.165, 1.54) is 19.3 Å². The van der Waals surface area contributed by atoms with E-state index in [1.54, 1.807) is 24.5 Å². The summed E-state index contributed by atoms with van der Waals surface area (Å²) >= 11 is 0. The fourth-order valence-corrected chi connectivity index (χ4v) is 2.10. The van der Waals surface area contributed by atoms with Crippen LogP contribution in [0.1, 0.15) is 32.1 Å². The number of hydrogen-bond acceptors (Lipinski definition) is 3. The standard InChI is InChI=1S/C13H18N2O2/c16-13(15-11-5-2-1-3-6-11)10-17-12-7-4-8-14-9-12/h4,7-9,11H,1-3,5-6,10H2,(H,15,16). The van der Waals surface area contributed by atoms with Crippen LogP contribution in [0.2, 0.25) is 0 Å². The van der Waals surface area contributed by atoms with Crippen molar-refractivity contribution in [1.29, 1.82) is 0 Å². The molecule has 1 saturated carbocycles. The smallest absolute Gasteiger partial charge is 0.258 e. The third-order valence-electron chi connectivity index (χ3n) is 2.97. The van der Waals surface area contributed by atoms with Crippen LogP contribution in [-0.2, 0) is 4.79 Å². The lowest BCUT2D eigenvalue weighted by Gasteiger charge is -2.22. The first-order valence-corrected chi connectivity index (χ1v) is 6.17. The predicted molar refractivity (Wildman–Crippen MR) is 64.7 cm³/mol. The quantitative estimate of drug-likeness (QED) is 0.865. The van der Waals surface area contributed by atoms with Crippen LogP contribution in [0.25, 0.3) is 0 Å². The summed E-state index contributed by atoms with van der Waals surface area (Å²) in [5.74, 6) is 0.590. The summed E-state index contributed by atoms with van der Waals surface area (Å²) < 4.78 is 5.33. The molecular formula is C13H18N2O2. The lowest BCUT2D eigenvalue weighted by Crippen LogP contribution is -2.38. The third-order valence-corrected chi connectivity index (χ3v) is 2.97. The Bertz CT molecular complexity index is 348. The van der Waals surface area contributed by atoms with E-state index in [1.807, 2.05) is 0 Å². The number of carbonyl (C=O) groups is 1. The highest BCUT2D eigenvalue weighted by atomic mass is 16.5. The van der Waals surface area contributed by atoms with Gasteiger partial charge in [-0.3, -0.25) is 9.78 Å². The van der Waals surface area contributed by atoms with Gasteiger partial charge in [-0.1, -0.05) is 19.3 Å². The summed E-state index contributed by atoms with van der Waals surface area (Å²) in [6.07, 6.45) is 9.20. The van der Waals surface area contributed by atoms with Gasteiger partial charge < -0.3 is 10.1 Å². The molecule has 1 N–H and O–H groups in total. The summed E-state index contributed by atoms with van der Waals surface area (Å²) in [5, 5.41) is 3.00. The van der Waals surface area contributed by atoms with Crippen molar-refractivity contribution in [2.24, 2.45) is 0 Å². The second-order valence-electron chi connectivity index (χ2n) is 4.38. The molecule has 1 aliphatic carbocycles. The maximum Gasteiger partial charge on any atom is 0.258 e. The van der Waals surface area contributed by atoms with Crippen LogP contribution < -0.4 is 10.1 Å². The number of aromatic nitrogens is 1. The van der Waals surface area contributed by atoms with Crippen LogP contribution >= 0.6 is 0 Å². The largest absolute Gasteiger partial charge is 0.482 e. The monoisotopic (exact) mass is 234 g/mol. The Hall–Kier alpha value is -1.58. The van der Waals surface area contributed by atoms with Crippen molar-refractivity contribution in [3.05, 3.63) is 24.5 Å². The first kappa shape index (κ1) is 11.9. The van der Waals surface area contributed by atoms with Gasteiger partial charge in [0.25, 0.3) is 5.91 Å². The number of pyridine rings is 1. The molecule has 1 aromatic rings. The van der Waals surface area contributed by atoms with Gasteiger partial charge in [-0.2, -0.15) is 0 Å². The lowest BCUT2D eigenvalue weighted by atomic mass is 9.95. The number of hydrogen-bond donors (Lipinski definition) is 1. The van der Waals surface area contributed by atoms with E-state index in [2.05, 4.69) is 10.3 Å². The van der Waals surface area contributed by atoms with Crippen LogP contribution in [0.4, 0.5) is 0 Å². The van der Waals surface area contributed by atoms with Crippen molar-refractivity contribution in [1.82, 2.24) is 10.3 Å². The van der Waals surface area contributed by atoms with Crippen LogP contribution in [0, 0.1) is 0 Å². The zero-order valence-corrected chi connectivity index (χ0v) is 9.89. The molecule has 4 heteroatoms. The molecule has 0 aliphatic heterocycles. The predicted octanol–water partition coefficient (Wildman–Crippen LogP) is 1.91. The van der Waals surface area contributed by atoms with Gasteiger partial charge in [0.1, 0.15) is 5.75 Å². The average molecular weight is 234 g/mol. The maximum absolute atomic E-state index is 11.6. The van der Waals surface area contributed by atoms with E-state index < -0.39 is 0 Å². The minimum Gasteiger partial charge on any atom is -0.482 e. The number of carbonyl (C=O) groups excluding carboxylic acids is 1. The molecule has 4 nitrogen and oxygen atoms in total. The molecule has 1 amide bonds. The van der Waals surface area contributed by atoms with Crippen LogP contribution in [0.15, 0.2) is 24.5 Å². The Balaban J connectivity index is 1.70. The summed E-state index contributed by atoms with van der Waals surface area (Å²) in [4.78, 5) is 15.5. The topological polar surface area (TPSA) is 51.2 Å². The molecule has 0 bridgehead atoms. The summed E-state index contributed by atoms with van der Waals surface area (Å²) in [6, 6.07) is 3.92. The van der Waals surface area contributed by atoms with Gasteiger partial charge in [-0.05, 0) is 25.0 Å². The number of nitrogens with zero attached hydrogens (tertiary/aromatic N) is 1. The summed E-state index contributed by atoms with van der Waals surface area (Å²) in [5.41, 5.74) is 0. The second kappa shape index (κ2) is 6.23. The lowest BCUT2D eigenvalue weighted by molar-refractivity contribution is -0.124. The minimum absolute atomic E-state index is 0.0410. The number of amides is 1. The highest BCUT2D eigenvalue weighted by Gasteiger charge is 2.15. The summed E-state index contributed by atoms with van der Waals surface area (Å²) in [7, 11) is 0. The van der Waals surface area contributed by atoms with Crippen molar-refractivity contribution >= 4 is 5.91 Å². The van der Waals surface area contributed by atoms with Gasteiger partial charge in [0, 0.05) is 12.2 Å². The van der Waals surface area contributed by atoms with Gasteiger partial charge >= 0.3 is 0 Å². The number of nitrogens with one attached hydrogen (secondary N) is 1. The fraction of sp³-hybridized carbons (Fsp3) is 0.538. The molecule has 0 unspecified atom stereocenters. The van der Waals surface area contributed by atoms with E-state index >= 15 is 0 Å². The zero-order chi connectivity index (χ0) is 11.9. The molecule has 92 valence electrons. The molecule has 1 aliphatic rings. The molecule has 17 heavy (non-hydrogen) atoms. The fourth-order valence-electron chi connectivity index (χ4n) is 2.10. The van der Waals surface area contributed by atoms with Gasteiger partial charge in [-0.25, -0.2) is 0 Å². The van der Waals surface area contributed by atoms with Gasteiger partial charge in [0.05, 0.1) is 6.20 Å².